The minimum absolute atomic E-state index is 0.0175. The van der Waals surface area contributed by atoms with E-state index < -0.39 is 12.1 Å². The number of methoxy groups -OCH3 is 1. The second kappa shape index (κ2) is 15.1. The number of carbonyl (C=O) groups is 3. The van der Waals surface area contributed by atoms with E-state index in [0.29, 0.717) is 12.5 Å². The molecule has 1 unspecified atom stereocenters. The Kier molecular flexibility index (Phi) is 10.2. The van der Waals surface area contributed by atoms with Crippen molar-refractivity contribution < 1.29 is 19.1 Å². The number of aromatic amines is 2. The Morgan fingerprint density at radius 2 is 1.39 bits per heavy atom. The number of aromatic nitrogens is 4. The topological polar surface area (TPSA) is 145 Å². The highest BCUT2D eigenvalue weighted by atomic mass is 16.5. The summed E-state index contributed by atoms with van der Waals surface area (Å²) < 4.78 is 4.76. The van der Waals surface area contributed by atoms with Crippen molar-refractivity contribution in [3.63, 3.8) is 0 Å². The molecule has 11 heteroatoms. The number of nitrogens with one attached hydrogen (secondary N) is 4. The van der Waals surface area contributed by atoms with Gasteiger partial charge in [-0.05, 0) is 72.6 Å². The van der Waals surface area contributed by atoms with Crippen LogP contribution in [0.5, 0.6) is 0 Å². The summed E-state index contributed by atoms with van der Waals surface area (Å²) in [5, 5.41) is 5.91. The van der Waals surface area contributed by atoms with Gasteiger partial charge in [-0.2, -0.15) is 0 Å². The van der Waals surface area contributed by atoms with Crippen LogP contribution in [-0.2, 0) is 14.3 Å². The quantitative estimate of drug-likeness (QED) is 0.134. The molecule has 11 nitrogen and oxygen atoms in total. The van der Waals surface area contributed by atoms with E-state index in [9.17, 15) is 14.4 Å². The van der Waals surface area contributed by atoms with Gasteiger partial charge in [-0.3, -0.25) is 9.59 Å². The summed E-state index contributed by atoms with van der Waals surface area (Å²) in [6, 6.07) is 16.0. The second-order valence-corrected chi connectivity index (χ2v) is 14.8. The molecule has 4 N–H and O–H groups in total. The second-order valence-electron chi connectivity index (χ2n) is 14.8. The summed E-state index contributed by atoms with van der Waals surface area (Å²) in [4.78, 5) is 56.7. The zero-order valence-electron chi connectivity index (χ0n) is 29.8. The molecule has 51 heavy (non-hydrogen) atoms. The number of benzene rings is 2. The van der Waals surface area contributed by atoms with Crippen LogP contribution in [0.3, 0.4) is 0 Å². The van der Waals surface area contributed by atoms with Crippen LogP contribution in [0.25, 0.3) is 33.6 Å². The van der Waals surface area contributed by atoms with Gasteiger partial charge in [0.25, 0.3) is 0 Å². The van der Waals surface area contributed by atoms with Gasteiger partial charge in [-0.1, -0.05) is 75.2 Å². The molecule has 2 saturated carbocycles. The molecule has 7 rings (SSSR count). The van der Waals surface area contributed by atoms with Crippen molar-refractivity contribution in [2.24, 2.45) is 17.8 Å². The maximum atomic E-state index is 13.5. The molecule has 3 amide bonds. The predicted molar refractivity (Wildman–Crippen MR) is 195 cm³/mol. The molecule has 2 aromatic heterocycles. The fourth-order valence-electron chi connectivity index (χ4n) is 7.67. The van der Waals surface area contributed by atoms with E-state index in [0.717, 1.165) is 90.4 Å². The summed E-state index contributed by atoms with van der Waals surface area (Å²) >= 11 is 0. The van der Waals surface area contributed by atoms with Crippen molar-refractivity contribution >= 4 is 17.9 Å². The highest BCUT2D eigenvalue weighted by molar-refractivity contribution is 5.86. The number of rotatable bonds is 11. The Morgan fingerprint density at radius 3 is 2.00 bits per heavy atom. The Balaban J connectivity index is 0.995. The third-order valence-electron chi connectivity index (χ3n) is 10.9. The van der Waals surface area contributed by atoms with Crippen LogP contribution < -0.4 is 10.6 Å². The molecule has 4 atom stereocenters. The van der Waals surface area contributed by atoms with Crippen LogP contribution in [-0.4, -0.2) is 69.0 Å². The van der Waals surface area contributed by atoms with Crippen LogP contribution in [0, 0.1) is 17.8 Å². The first-order chi connectivity index (χ1) is 24.8. The maximum absolute atomic E-state index is 13.5. The lowest BCUT2D eigenvalue weighted by atomic mass is 9.78. The van der Waals surface area contributed by atoms with E-state index in [1.54, 1.807) is 0 Å². The van der Waals surface area contributed by atoms with E-state index in [1.165, 1.54) is 20.0 Å². The first-order valence-corrected chi connectivity index (χ1v) is 18.5. The number of H-pyrrole nitrogens is 2. The molecule has 3 fully saturated rings. The molecule has 0 spiro atoms. The minimum Gasteiger partial charge on any atom is -0.453 e. The zero-order valence-corrected chi connectivity index (χ0v) is 29.8. The Hall–Kier alpha value is -4.93. The van der Waals surface area contributed by atoms with Crippen LogP contribution in [0.2, 0.25) is 0 Å². The number of alkyl carbamates (subject to hydrolysis) is 1. The molecule has 3 aliphatic rings. The molecule has 268 valence electrons. The lowest BCUT2D eigenvalue weighted by Gasteiger charge is -2.30. The molecule has 2 aliphatic carbocycles. The van der Waals surface area contributed by atoms with Gasteiger partial charge in [0.2, 0.25) is 11.8 Å². The van der Waals surface area contributed by atoms with E-state index in [2.05, 4.69) is 74.1 Å². The van der Waals surface area contributed by atoms with Gasteiger partial charge in [0.1, 0.15) is 17.7 Å². The molecule has 0 bridgehead atoms. The highest BCUT2D eigenvalue weighted by Gasteiger charge is 2.38. The van der Waals surface area contributed by atoms with Crippen molar-refractivity contribution in [2.75, 3.05) is 20.2 Å². The Bertz CT molecular complexity index is 1830. The predicted octanol–water partition coefficient (Wildman–Crippen LogP) is 6.98. The Labute approximate surface area is 299 Å². The first kappa shape index (κ1) is 34.5. The SMILES string of the molecule is COC(=O)NC(C(=O)N1CCC[C@H]1c1ncc(-c2ccc(-c3ccc(-c4cnc([C@H]5CCCC[C@H]5C(=O)NCC5CC5)[nH]4)cc3)cc2)[nH]1)C(C)C. The summed E-state index contributed by atoms with van der Waals surface area (Å²) in [7, 11) is 1.30. The van der Waals surface area contributed by atoms with Crippen LogP contribution >= 0.6 is 0 Å². The van der Waals surface area contributed by atoms with Crippen LogP contribution in [0.1, 0.15) is 88.8 Å². The van der Waals surface area contributed by atoms with Gasteiger partial charge in [-0.25, -0.2) is 14.8 Å². The molecular weight excluding hydrogens is 642 g/mol. The minimum atomic E-state index is -0.670. The number of ether oxygens (including phenoxy) is 1. The lowest BCUT2D eigenvalue weighted by Crippen LogP contribution is -2.51. The first-order valence-electron chi connectivity index (χ1n) is 18.5. The zero-order chi connectivity index (χ0) is 35.5. The third kappa shape index (κ3) is 7.72. The molecule has 2 aromatic carbocycles. The number of imidazole rings is 2. The largest absolute Gasteiger partial charge is 0.453 e. The summed E-state index contributed by atoms with van der Waals surface area (Å²) in [6.45, 7) is 5.24. The van der Waals surface area contributed by atoms with E-state index >= 15 is 0 Å². The van der Waals surface area contributed by atoms with Gasteiger partial charge in [0.15, 0.2) is 0 Å². The van der Waals surface area contributed by atoms with Crippen molar-refractivity contribution in [1.29, 1.82) is 0 Å². The van der Waals surface area contributed by atoms with E-state index in [-0.39, 0.29) is 35.6 Å². The smallest absolute Gasteiger partial charge is 0.407 e. The highest BCUT2D eigenvalue weighted by Crippen LogP contribution is 2.38. The molecule has 3 heterocycles. The van der Waals surface area contributed by atoms with Gasteiger partial charge in [-0.15, -0.1) is 0 Å². The number of nitrogens with zero attached hydrogens (tertiary/aromatic N) is 3. The van der Waals surface area contributed by atoms with Gasteiger partial charge in [0.05, 0.1) is 36.9 Å². The van der Waals surface area contributed by atoms with Gasteiger partial charge < -0.3 is 30.2 Å². The molecule has 1 aliphatic heterocycles. The third-order valence-corrected chi connectivity index (χ3v) is 10.9. The summed E-state index contributed by atoms with van der Waals surface area (Å²) in [5.74, 6) is 2.42. The number of carbonyl (C=O) groups excluding carboxylic acids is 3. The van der Waals surface area contributed by atoms with Crippen LogP contribution in [0.4, 0.5) is 4.79 Å². The monoisotopic (exact) mass is 691 g/mol. The number of hydrogen-bond donors (Lipinski definition) is 4. The van der Waals surface area contributed by atoms with Crippen molar-refractivity contribution in [2.45, 2.75) is 83.2 Å². The van der Waals surface area contributed by atoms with E-state index in [1.807, 2.05) is 31.1 Å². The molecule has 1 saturated heterocycles. The van der Waals surface area contributed by atoms with E-state index in [4.69, 9.17) is 9.72 Å². The fraction of sp³-hybridized carbons (Fsp3) is 0.475. The molecular formula is C40H49N7O4. The Morgan fingerprint density at radius 1 is 0.804 bits per heavy atom. The molecule has 4 aromatic rings. The van der Waals surface area contributed by atoms with Gasteiger partial charge >= 0.3 is 6.09 Å². The standard InChI is InChI=1S/C40H49N7O4/c1-24(2)35(46-40(50)51-3)39(49)47-20-6-9-34(47)37-42-23-33(45-37)29-18-14-27(15-19-29)26-12-16-28(17-13-26)32-22-41-36(44-32)30-7-4-5-8-31(30)38(48)43-21-25-10-11-25/h12-19,22-25,30-31,34-35H,4-11,20-21H2,1-3H3,(H,41,44)(H,42,45)(H,43,48)(H,46,50)/t30-,31+,34-,35?/m0/s1. The fourth-order valence-corrected chi connectivity index (χ4v) is 7.67. The molecule has 0 radical (unpaired) electrons. The van der Waals surface area contributed by atoms with Gasteiger partial charge in [0, 0.05) is 24.9 Å². The maximum Gasteiger partial charge on any atom is 0.407 e. The number of hydrogen-bond acceptors (Lipinski definition) is 6. The normalized spacial score (nSPS) is 21.0. The summed E-state index contributed by atoms with van der Waals surface area (Å²) in [6.07, 6.45) is 11.4. The summed E-state index contributed by atoms with van der Waals surface area (Å²) in [5.41, 5.74) is 6.12. The van der Waals surface area contributed by atoms with Crippen molar-refractivity contribution in [3.8, 4) is 33.6 Å². The van der Waals surface area contributed by atoms with Crippen molar-refractivity contribution in [1.82, 2.24) is 35.5 Å². The number of amides is 3. The van der Waals surface area contributed by atoms with Crippen LogP contribution in [0.15, 0.2) is 60.9 Å². The number of likely N-dealkylation sites (tertiary alicyclic amines) is 1. The van der Waals surface area contributed by atoms with Crippen molar-refractivity contribution in [3.05, 3.63) is 72.6 Å². The average molecular weight is 692 g/mol. The average Bonchev–Trinajstić information content (AvgIpc) is 3.51. The lowest BCUT2D eigenvalue weighted by molar-refractivity contribution is -0.135.